The van der Waals surface area contributed by atoms with Crippen LogP contribution in [0.3, 0.4) is 0 Å². The van der Waals surface area contributed by atoms with E-state index in [0.29, 0.717) is 17.8 Å². The highest BCUT2D eigenvalue weighted by Crippen LogP contribution is 2.24. The van der Waals surface area contributed by atoms with E-state index in [2.05, 4.69) is 10.6 Å². The molecule has 176 valence electrons. The zero-order valence-corrected chi connectivity index (χ0v) is 19.1. The molecule has 0 unspecified atom stereocenters. The van der Waals surface area contributed by atoms with Crippen molar-refractivity contribution in [2.75, 3.05) is 10.6 Å². The van der Waals surface area contributed by atoms with E-state index in [1.54, 1.807) is 32.0 Å². The minimum Gasteiger partial charge on any atom is -0.379 e. The summed E-state index contributed by atoms with van der Waals surface area (Å²) >= 11 is 0. The molecule has 2 N–H and O–H groups in total. The zero-order valence-electron chi connectivity index (χ0n) is 18.3. The first-order chi connectivity index (χ1) is 16.1. The number of amides is 2. The van der Waals surface area contributed by atoms with E-state index in [1.807, 2.05) is 0 Å². The van der Waals surface area contributed by atoms with Gasteiger partial charge in [-0.2, -0.15) is 8.42 Å². The Labute approximate surface area is 195 Å². The lowest BCUT2D eigenvalue weighted by molar-refractivity contribution is -0.385. The standard InChI is InChI=1S/C23H21N3O7S/c1-3-22(27)24-17-10-7-15(2)21(13-17)25-23(28)16-8-11-19(12-9-16)33-34(31,32)20-6-4-5-18(14-20)26(29)30/h4-14H,3H2,1-2H3,(H,24,27)(H,25,28). The third-order valence-corrected chi connectivity index (χ3v) is 5.97. The Hall–Kier alpha value is -4.25. The van der Waals surface area contributed by atoms with Gasteiger partial charge >= 0.3 is 10.1 Å². The molecule has 0 fully saturated rings. The van der Waals surface area contributed by atoms with Gasteiger partial charge in [0.05, 0.1) is 4.92 Å². The molecule has 0 bridgehead atoms. The number of nitro benzene ring substituents is 1. The molecule has 0 aliphatic heterocycles. The van der Waals surface area contributed by atoms with Crippen LogP contribution in [-0.4, -0.2) is 25.2 Å². The minimum atomic E-state index is -4.31. The molecule has 0 aliphatic rings. The number of non-ortho nitro benzene ring substituents is 1. The zero-order chi connectivity index (χ0) is 24.9. The summed E-state index contributed by atoms with van der Waals surface area (Å²) in [5.74, 6) is -0.671. The maximum Gasteiger partial charge on any atom is 0.339 e. The lowest BCUT2D eigenvalue weighted by Gasteiger charge is -2.12. The van der Waals surface area contributed by atoms with Gasteiger partial charge in [-0.3, -0.25) is 19.7 Å². The van der Waals surface area contributed by atoms with Crippen molar-refractivity contribution in [3.05, 3.63) is 88.0 Å². The summed E-state index contributed by atoms with van der Waals surface area (Å²) in [6.45, 7) is 3.53. The quantitative estimate of drug-likeness (QED) is 0.276. The van der Waals surface area contributed by atoms with Gasteiger partial charge in [-0.15, -0.1) is 0 Å². The van der Waals surface area contributed by atoms with Crippen LogP contribution in [0, 0.1) is 17.0 Å². The number of nitro groups is 1. The van der Waals surface area contributed by atoms with Gasteiger partial charge in [0.25, 0.3) is 11.6 Å². The fraction of sp³-hybridized carbons (Fsp3) is 0.130. The van der Waals surface area contributed by atoms with Crippen LogP contribution in [0.5, 0.6) is 5.75 Å². The van der Waals surface area contributed by atoms with Gasteiger partial charge in [0.2, 0.25) is 5.91 Å². The fourth-order valence-electron chi connectivity index (χ4n) is 2.87. The molecule has 2 amide bonds. The summed E-state index contributed by atoms with van der Waals surface area (Å²) in [5.41, 5.74) is 1.69. The summed E-state index contributed by atoms with van der Waals surface area (Å²) in [6, 6.07) is 15.0. The number of aryl methyl sites for hydroxylation is 1. The van der Waals surface area contributed by atoms with Crippen molar-refractivity contribution >= 4 is 39.0 Å². The molecule has 34 heavy (non-hydrogen) atoms. The maximum absolute atomic E-state index is 12.7. The molecule has 0 atom stereocenters. The minimum absolute atomic E-state index is 0.0662. The number of hydrogen-bond donors (Lipinski definition) is 2. The Balaban J connectivity index is 1.73. The van der Waals surface area contributed by atoms with E-state index >= 15 is 0 Å². The summed E-state index contributed by atoms with van der Waals surface area (Å²) in [5, 5.41) is 16.4. The van der Waals surface area contributed by atoms with Crippen molar-refractivity contribution in [2.24, 2.45) is 0 Å². The number of carbonyl (C=O) groups is 2. The fourth-order valence-corrected chi connectivity index (χ4v) is 3.84. The molecule has 10 nitrogen and oxygen atoms in total. The van der Waals surface area contributed by atoms with E-state index in [9.17, 15) is 28.1 Å². The van der Waals surface area contributed by atoms with Gasteiger partial charge in [-0.25, -0.2) is 0 Å². The molecule has 11 heteroatoms. The van der Waals surface area contributed by atoms with Crippen LogP contribution < -0.4 is 14.8 Å². The first kappa shape index (κ1) is 24.4. The summed E-state index contributed by atoms with van der Waals surface area (Å²) < 4.78 is 29.9. The first-order valence-corrected chi connectivity index (χ1v) is 11.5. The lowest BCUT2D eigenvalue weighted by atomic mass is 10.1. The van der Waals surface area contributed by atoms with Crippen LogP contribution in [0.15, 0.2) is 71.6 Å². The third kappa shape index (κ3) is 5.95. The van der Waals surface area contributed by atoms with Crippen molar-refractivity contribution in [1.82, 2.24) is 0 Å². The molecule has 0 aromatic heterocycles. The number of carbonyl (C=O) groups excluding carboxylic acids is 2. The van der Waals surface area contributed by atoms with E-state index in [0.717, 1.165) is 11.6 Å². The Morgan fingerprint density at radius 1 is 1.00 bits per heavy atom. The van der Waals surface area contributed by atoms with E-state index in [1.165, 1.54) is 42.5 Å². The van der Waals surface area contributed by atoms with E-state index in [-0.39, 0.29) is 27.8 Å². The van der Waals surface area contributed by atoms with Crippen molar-refractivity contribution in [2.45, 2.75) is 25.2 Å². The molecule has 0 spiro atoms. The number of benzene rings is 3. The Kier molecular flexibility index (Phi) is 7.27. The Bertz CT molecular complexity index is 1350. The molecular weight excluding hydrogens is 462 g/mol. The Morgan fingerprint density at radius 3 is 2.35 bits per heavy atom. The second-order valence-electron chi connectivity index (χ2n) is 7.20. The van der Waals surface area contributed by atoms with E-state index < -0.39 is 20.9 Å². The van der Waals surface area contributed by atoms with Crippen molar-refractivity contribution < 1.29 is 27.1 Å². The molecule has 0 saturated carbocycles. The van der Waals surface area contributed by atoms with Crippen LogP contribution in [0.1, 0.15) is 29.3 Å². The summed E-state index contributed by atoms with van der Waals surface area (Å²) in [4.78, 5) is 34.1. The average Bonchev–Trinajstić information content (AvgIpc) is 2.81. The van der Waals surface area contributed by atoms with Crippen molar-refractivity contribution in [3.8, 4) is 5.75 Å². The molecule has 0 radical (unpaired) electrons. The molecule has 0 heterocycles. The van der Waals surface area contributed by atoms with E-state index in [4.69, 9.17) is 4.18 Å². The maximum atomic E-state index is 12.7. The molecular formula is C23H21N3O7S. The summed E-state index contributed by atoms with van der Waals surface area (Å²) in [7, 11) is -4.31. The summed E-state index contributed by atoms with van der Waals surface area (Å²) in [6.07, 6.45) is 0.320. The van der Waals surface area contributed by atoms with Crippen LogP contribution in [0.2, 0.25) is 0 Å². The molecule has 0 aliphatic carbocycles. The van der Waals surface area contributed by atoms with Crippen LogP contribution >= 0.6 is 0 Å². The predicted octanol–water partition coefficient (Wildman–Crippen LogP) is 4.27. The SMILES string of the molecule is CCC(=O)Nc1ccc(C)c(NC(=O)c2ccc(OS(=O)(=O)c3cccc([N+](=O)[O-])c3)cc2)c1. The third-order valence-electron chi connectivity index (χ3n) is 4.73. The molecule has 3 rings (SSSR count). The number of anilines is 2. The first-order valence-electron chi connectivity index (χ1n) is 10.1. The lowest BCUT2D eigenvalue weighted by Crippen LogP contribution is -2.14. The van der Waals surface area contributed by atoms with Crippen LogP contribution in [0.4, 0.5) is 17.1 Å². The van der Waals surface area contributed by atoms with Gasteiger partial charge in [0, 0.05) is 35.5 Å². The highest BCUT2D eigenvalue weighted by Gasteiger charge is 2.20. The largest absolute Gasteiger partial charge is 0.379 e. The van der Waals surface area contributed by atoms with Crippen molar-refractivity contribution in [3.63, 3.8) is 0 Å². The molecule has 0 saturated heterocycles. The monoisotopic (exact) mass is 483 g/mol. The van der Waals surface area contributed by atoms with Gasteiger partial charge in [-0.05, 0) is 55.0 Å². The van der Waals surface area contributed by atoms with Crippen LogP contribution in [0.25, 0.3) is 0 Å². The smallest absolute Gasteiger partial charge is 0.339 e. The second-order valence-corrected chi connectivity index (χ2v) is 8.75. The average molecular weight is 484 g/mol. The Morgan fingerprint density at radius 2 is 1.71 bits per heavy atom. The topological polar surface area (TPSA) is 145 Å². The number of nitrogens with one attached hydrogen (secondary N) is 2. The number of hydrogen-bond acceptors (Lipinski definition) is 7. The van der Waals surface area contributed by atoms with Gasteiger partial charge in [0.1, 0.15) is 10.6 Å². The molecule has 3 aromatic carbocycles. The van der Waals surface area contributed by atoms with Gasteiger partial charge < -0.3 is 14.8 Å². The predicted molar refractivity (Wildman–Crippen MR) is 125 cm³/mol. The highest BCUT2D eigenvalue weighted by molar-refractivity contribution is 7.87. The van der Waals surface area contributed by atoms with Gasteiger partial charge in [0.15, 0.2) is 0 Å². The second kappa shape index (κ2) is 10.1. The highest BCUT2D eigenvalue weighted by atomic mass is 32.2. The molecule has 3 aromatic rings. The van der Waals surface area contributed by atoms with Crippen molar-refractivity contribution in [1.29, 1.82) is 0 Å². The normalized spacial score (nSPS) is 10.9. The number of rotatable bonds is 8. The number of nitrogens with zero attached hydrogens (tertiary/aromatic N) is 1. The van der Waals surface area contributed by atoms with Gasteiger partial charge in [-0.1, -0.05) is 19.1 Å². The van der Waals surface area contributed by atoms with Crippen LogP contribution in [-0.2, 0) is 14.9 Å².